The molecule has 1 aromatic rings. The van der Waals surface area contributed by atoms with Crippen LogP contribution in [0, 0.1) is 0 Å². The van der Waals surface area contributed by atoms with Crippen LogP contribution in [0.25, 0.3) is 0 Å². The summed E-state index contributed by atoms with van der Waals surface area (Å²) in [4.78, 5) is 0.400. The lowest BCUT2D eigenvalue weighted by Gasteiger charge is -2.36. The minimum atomic E-state index is -4.32. The van der Waals surface area contributed by atoms with Crippen LogP contribution in [-0.2, 0) is 23.4 Å². The van der Waals surface area contributed by atoms with Crippen molar-refractivity contribution in [1.29, 1.82) is 0 Å². The number of rotatable bonds is 5. The summed E-state index contributed by atoms with van der Waals surface area (Å²) in [6, 6.07) is 2.91. The predicted octanol–water partition coefficient (Wildman–Crippen LogP) is 5.51. The standard InChI is InChI=1S/C19H30F3NOSSi/c1-18(2,3)26(4,5)24-12-13-25-17-15-9-11-23-10-8-14(15)6-7-16(17)19(20,21)22/h6-7,23H,8-13H2,1-5H3. The van der Waals surface area contributed by atoms with E-state index < -0.39 is 20.1 Å². The number of hydrogen-bond donors (Lipinski definition) is 1. The molecule has 0 aromatic heterocycles. The van der Waals surface area contributed by atoms with Gasteiger partial charge in [-0.05, 0) is 61.3 Å². The molecule has 1 N–H and O–H groups in total. The van der Waals surface area contributed by atoms with Gasteiger partial charge in [-0.1, -0.05) is 26.8 Å². The van der Waals surface area contributed by atoms with Gasteiger partial charge in [0.15, 0.2) is 8.32 Å². The van der Waals surface area contributed by atoms with Gasteiger partial charge in [-0.2, -0.15) is 13.2 Å². The van der Waals surface area contributed by atoms with Gasteiger partial charge in [-0.15, -0.1) is 11.8 Å². The Morgan fingerprint density at radius 2 is 1.77 bits per heavy atom. The lowest BCUT2D eigenvalue weighted by atomic mass is 9.99. The van der Waals surface area contributed by atoms with Gasteiger partial charge in [-0.25, -0.2) is 0 Å². The minimum Gasteiger partial charge on any atom is -0.416 e. The van der Waals surface area contributed by atoms with Crippen LogP contribution in [0.5, 0.6) is 0 Å². The molecule has 26 heavy (non-hydrogen) atoms. The van der Waals surface area contributed by atoms with Crippen LogP contribution in [0.1, 0.15) is 37.5 Å². The van der Waals surface area contributed by atoms with Crippen LogP contribution >= 0.6 is 11.8 Å². The zero-order valence-electron chi connectivity index (χ0n) is 16.3. The van der Waals surface area contributed by atoms with Crippen molar-refractivity contribution < 1.29 is 17.6 Å². The third-order valence-corrected chi connectivity index (χ3v) is 11.0. The number of hydrogen-bond acceptors (Lipinski definition) is 3. The third-order valence-electron chi connectivity index (χ3n) is 5.38. The van der Waals surface area contributed by atoms with Crippen molar-refractivity contribution in [3.05, 3.63) is 28.8 Å². The van der Waals surface area contributed by atoms with E-state index in [1.54, 1.807) is 6.07 Å². The van der Waals surface area contributed by atoms with E-state index in [9.17, 15) is 13.2 Å². The fourth-order valence-corrected chi connectivity index (χ4v) is 5.09. The average molecular weight is 406 g/mol. The van der Waals surface area contributed by atoms with Gasteiger partial charge in [-0.3, -0.25) is 0 Å². The molecule has 0 fully saturated rings. The topological polar surface area (TPSA) is 21.3 Å². The molecular formula is C19H30F3NOSSi. The number of fused-ring (bicyclic) bond motifs is 1. The molecule has 0 saturated heterocycles. The van der Waals surface area contributed by atoms with Gasteiger partial charge in [0.1, 0.15) is 0 Å². The molecule has 1 heterocycles. The Balaban J connectivity index is 2.17. The fraction of sp³-hybridized carbons (Fsp3) is 0.684. The monoisotopic (exact) mass is 405 g/mol. The van der Waals surface area contributed by atoms with E-state index >= 15 is 0 Å². The summed E-state index contributed by atoms with van der Waals surface area (Å²) in [7, 11) is -1.88. The largest absolute Gasteiger partial charge is 0.417 e. The molecule has 0 bridgehead atoms. The molecule has 0 saturated carbocycles. The molecule has 2 nitrogen and oxygen atoms in total. The number of halogens is 3. The maximum absolute atomic E-state index is 13.5. The highest BCUT2D eigenvalue weighted by Gasteiger charge is 2.37. The predicted molar refractivity (Wildman–Crippen MR) is 106 cm³/mol. The quantitative estimate of drug-likeness (QED) is 0.397. The molecule has 1 aromatic carbocycles. The summed E-state index contributed by atoms with van der Waals surface area (Å²) in [5, 5.41) is 3.38. The molecule has 0 spiro atoms. The normalized spacial score (nSPS) is 16.3. The van der Waals surface area contributed by atoms with E-state index in [1.165, 1.54) is 17.8 Å². The summed E-state index contributed by atoms with van der Waals surface area (Å²) >= 11 is 1.30. The summed E-state index contributed by atoms with van der Waals surface area (Å²) in [6.45, 7) is 12.9. The van der Waals surface area contributed by atoms with Crippen LogP contribution in [0.2, 0.25) is 18.1 Å². The number of thioether (sulfide) groups is 1. The lowest BCUT2D eigenvalue weighted by Crippen LogP contribution is -2.41. The Labute approximate surface area is 160 Å². The lowest BCUT2D eigenvalue weighted by molar-refractivity contribution is -0.139. The smallest absolute Gasteiger partial charge is 0.416 e. The van der Waals surface area contributed by atoms with Crippen molar-refractivity contribution >= 4 is 20.1 Å². The first-order valence-electron chi connectivity index (χ1n) is 9.13. The van der Waals surface area contributed by atoms with Crippen LogP contribution in [0.3, 0.4) is 0 Å². The molecule has 2 rings (SSSR count). The average Bonchev–Trinajstić information content (AvgIpc) is 2.74. The summed E-state index contributed by atoms with van der Waals surface area (Å²) in [5.41, 5.74) is 1.40. The Morgan fingerprint density at radius 3 is 2.38 bits per heavy atom. The van der Waals surface area contributed by atoms with Crippen molar-refractivity contribution in [2.24, 2.45) is 0 Å². The fourth-order valence-electron chi connectivity index (χ4n) is 2.78. The van der Waals surface area contributed by atoms with E-state index in [4.69, 9.17) is 4.43 Å². The maximum atomic E-state index is 13.5. The first kappa shape index (κ1) is 21.8. The van der Waals surface area contributed by atoms with Crippen molar-refractivity contribution in [2.45, 2.75) is 62.8 Å². The molecule has 1 aliphatic heterocycles. The Kier molecular flexibility index (Phi) is 6.91. The molecule has 148 valence electrons. The Morgan fingerprint density at radius 1 is 1.12 bits per heavy atom. The van der Waals surface area contributed by atoms with Crippen LogP contribution in [-0.4, -0.2) is 33.8 Å². The first-order chi connectivity index (χ1) is 11.9. The van der Waals surface area contributed by atoms with Gasteiger partial charge >= 0.3 is 6.18 Å². The molecule has 0 amide bonds. The molecular weight excluding hydrogens is 375 g/mol. The van der Waals surface area contributed by atoms with Crippen molar-refractivity contribution in [3.8, 4) is 0 Å². The van der Waals surface area contributed by atoms with E-state index in [2.05, 4.69) is 39.2 Å². The summed E-state index contributed by atoms with van der Waals surface area (Å²) in [6.07, 6.45) is -2.90. The Bertz CT molecular complexity index is 626. The second kappa shape index (κ2) is 8.25. The molecule has 0 radical (unpaired) electrons. The zero-order chi connectivity index (χ0) is 19.6. The number of benzene rings is 1. The van der Waals surface area contributed by atoms with Gasteiger partial charge in [0.25, 0.3) is 0 Å². The number of alkyl halides is 3. The maximum Gasteiger partial charge on any atom is 0.417 e. The SMILES string of the molecule is CC(C)(C)[Si](C)(C)OCCSc1c(C(F)(F)F)ccc2c1CCNCC2. The Hall–Kier alpha value is -0.503. The van der Waals surface area contributed by atoms with E-state index in [0.717, 1.165) is 30.6 Å². The number of nitrogens with one attached hydrogen (secondary N) is 1. The highest BCUT2D eigenvalue weighted by molar-refractivity contribution is 7.99. The second-order valence-corrected chi connectivity index (χ2v) is 14.2. The van der Waals surface area contributed by atoms with E-state index in [-0.39, 0.29) is 5.04 Å². The van der Waals surface area contributed by atoms with Crippen molar-refractivity contribution in [1.82, 2.24) is 5.32 Å². The molecule has 0 aliphatic carbocycles. The molecule has 0 atom stereocenters. The zero-order valence-corrected chi connectivity index (χ0v) is 18.2. The van der Waals surface area contributed by atoms with Gasteiger partial charge in [0, 0.05) is 17.3 Å². The van der Waals surface area contributed by atoms with E-state index in [0.29, 0.717) is 23.7 Å². The highest BCUT2D eigenvalue weighted by atomic mass is 32.2. The summed E-state index contributed by atoms with van der Waals surface area (Å²) < 4.78 is 46.7. The molecule has 7 heteroatoms. The van der Waals surface area contributed by atoms with Gasteiger partial charge < -0.3 is 9.74 Å². The molecule has 0 unspecified atom stereocenters. The van der Waals surface area contributed by atoms with E-state index in [1.807, 2.05) is 0 Å². The molecule has 1 aliphatic rings. The van der Waals surface area contributed by atoms with Gasteiger partial charge in [0.05, 0.1) is 5.56 Å². The minimum absolute atomic E-state index is 0.101. The third kappa shape index (κ3) is 5.27. The second-order valence-electron chi connectivity index (χ2n) is 8.28. The first-order valence-corrected chi connectivity index (χ1v) is 13.0. The van der Waals surface area contributed by atoms with Crippen LogP contribution in [0.15, 0.2) is 17.0 Å². The highest BCUT2D eigenvalue weighted by Crippen LogP contribution is 2.41. The van der Waals surface area contributed by atoms with Crippen LogP contribution < -0.4 is 5.32 Å². The van der Waals surface area contributed by atoms with Crippen molar-refractivity contribution in [2.75, 3.05) is 25.4 Å². The van der Waals surface area contributed by atoms with Crippen LogP contribution in [0.4, 0.5) is 13.2 Å². The summed E-state index contributed by atoms with van der Waals surface area (Å²) in [5.74, 6) is 0.541. The van der Waals surface area contributed by atoms with Gasteiger partial charge in [0.2, 0.25) is 0 Å². The van der Waals surface area contributed by atoms with Crippen molar-refractivity contribution in [3.63, 3.8) is 0 Å².